The molecule has 2 aliphatic heterocycles. The molecule has 2 aromatic rings. The van der Waals surface area contributed by atoms with Crippen LogP contribution in [0, 0.1) is 13.8 Å². The highest BCUT2D eigenvalue weighted by molar-refractivity contribution is 6.39. The number of fused-ring (bicyclic) bond motifs is 1. The van der Waals surface area contributed by atoms with Gasteiger partial charge in [0.2, 0.25) is 0 Å². The van der Waals surface area contributed by atoms with E-state index >= 15 is 0 Å². The Morgan fingerprint density at radius 3 is 2.35 bits per heavy atom. The molecule has 0 spiro atoms. The summed E-state index contributed by atoms with van der Waals surface area (Å²) in [4.78, 5) is 32.5. The average molecular weight is 464 g/mol. The lowest BCUT2D eigenvalue weighted by molar-refractivity contribution is -0.136. The molecule has 7 nitrogen and oxygen atoms in total. The van der Waals surface area contributed by atoms with E-state index in [1.54, 1.807) is 0 Å². The molecular weight excluding hydrogens is 426 g/mol. The van der Waals surface area contributed by atoms with Crippen LogP contribution in [0.3, 0.4) is 0 Å². The molecule has 1 atom stereocenters. The number of likely N-dealkylation sites (N-methyl/N-ethyl adjacent to an activating group) is 1. The highest BCUT2D eigenvalue weighted by atomic mass is 16.2. The zero-order chi connectivity index (χ0) is 24.2. The van der Waals surface area contributed by atoms with Crippen molar-refractivity contribution in [3.05, 3.63) is 58.7 Å². The molecule has 34 heavy (non-hydrogen) atoms. The Morgan fingerprint density at radius 1 is 0.941 bits per heavy atom. The number of carbonyl (C=O) groups excluding carboxylic acids is 2. The summed E-state index contributed by atoms with van der Waals surface area (Å²) in [6.07, 6.45) is 2.23. The number of hydrogen-bond donors (Lipinski definition) is 2. The second-order valence-electron chi connectivity index (χ2n) is 9.70. The van der Waals surface area contributed by atoms with E-state index in [1.165, 1.54) is 16.8 Å². The first-order chi connectivity index (χ1) is 16.3. The van der Waals surface area contributed by atoms with Crippen molar-refractivity contribution in [2.75, 3.05) is 63.6 Å². The molecule has 0 radical (unpaired) electrons. The maximum absolute atomic E-state index is 12.8. The van der Waals surface area contributed by atoms with E-state index in [9.17, 15) is 9.59 Å². The van der Waals surface area contributed by atoms with Crippen molar-refractivity contribution in [2.24, 2.45) is 0 Å². The van der Waals surface area contributed by atoms with Gasteiger partial charge in [0.25, 0.3) is 0 Å². The Bertz CT molecular complexity index is 1030. The third-order valence-electron chi connectivity index (χ3n) is 7.20. The number of carbonyl (C=O) groups is 2. The number of amides is 2. The van der Waals surface area contributed by atoms with Crippen LogP contribution in [-0.2, 0) is 16.0 Å². The van der Waals surface area contributed by atoms with Crippen LogP contribution in [0.5, 0.6) is 0 Å². The maximum atomic E-state index is 12.8. The second kappa shape index (κ2) is 10.6. The van der Waals surface area contributed by atoms with Gasteiger partial charge in [0, 0.05) is 57.7 Å². The predicted octanol–water partition coefficient (Wildman–Crippen LogP) is 2.73. The molecule has 0 aromatic heterocycles. The molecule has 2 amide bonds. The molecule has 0 saturated carbocycles. The molecule has 1 saturated heterocycles. The Morgan fingerprint density at radius 2 is 1.65 bits per heavy atom. The summed E-state index contributed by atoms with van der Waals surface area (Å²) in [6, 6.07) is 12.5. The minimum atomic E-state index is -0.624. The lowest BCUT2D eigenvalue weighted by Gasteiger charge is -2.39. The number of benzene rings is 2. The predicted molar refractivity (Wildman–Crippen MR) is 137 cm³/mol. The van der Waals surface area contributed by atoms with Gasteiger partial charge in [0.05, 0.1) is 6.04 Å². The third kappa shape index (κ3) is 5.42. The zero-order valence-corrected chi connectivity index (χ0v) is 20.9. The fourth-order valence-corrected chi connectivity index (χ4v) is 5.06. The summed E-state index contributed by atoms with van der Waals surface area (Å²) in [5.41, 5.74) is 6.45. The van der Waals surface area contributed by atoms with Crippen LogP contribution in [0.2, 0.25) is 0 Å². The standard InChI is InChI=1S/C27H37N5O2/c1-19-7-5-8-20(2)25(19)29-27(34)26(33)28-18-24(32-15-13-30(3)14-16-32)22-10-11-23-21(17-22)9-6-12-31(23)4/h5,7-8,10-11,17,24H,6,9,12-16,18H2,1-4H3,(H,28,33)(H,29,34). The highest BCUT2D eigenvalue weighted by Gasteiger charge is 2.27. The van der Waals surface area contributed by atoms with Crippen LogP contribution in [0.25, 0.3) is 0 Å². The molecule has 4 rings (SSSR count). The third-order valence-corrected chi connectivity index (χ3v) is 7.20. The molecule has 182 valence electrons. The van der Waals surface area contributed by atoms with E-state index in [0.717, 1.165) is 56.7 Å². The van der Waals surface area contributed by atoms with Crippen molar-refractivity contribution < 1.29 is 9.59 Å². The maximum Gasteiger partial charge on any atom is 0.313 e. The lowest BCUT2D eigenvalue weighted by Crippen LogP contribution is -2.49. The zero-order valence-electron chi connectivity index (χ0n) is 20.9. The molecule has 0 bridgehead atoms. The number of anilines is 2. The second-order valence-corrected chi connectivity index (χ2v) is 9.70. The normalized spacial score (nSPS) is 17.7. The smallest absolute Gasteiger partial charge is 0.313 e. The number of para-hydroxylation sites is 1. The van der Waals surface area contributed by atoms with Crippen LogP contribution in [0.4, 0.5) is 11.4 Å². The number of hydrogen-bond acceptors (Lipinski definition) is 5. The van der Waals surface area contributed by atoms with E-state index in [-0.39, 0.29) is 6.04 Å². The Balaban J connectivity index is 1.49. The molecule has 1 unspecified atom stereocenters. The van der Waals surface area contributed by atoms with E-state index < -0.39 is 11.8 Å². The summed E-state index contributed by atoms with van der Waals surface area (Å²) in [7, 11) is 4.28. The summed E-state index contributed by atoms with van der Waals surface area (Å²) in [5.74, 6) is -1.22. The Hall–Kier alpha value is -2.90. The SMILES string of the molecule is Cc1cccc(C)c1NC(=O)C(=O)NCC(c1ccc2c(c1)CCCN2C)N1CCN(C)CC1. The average Bonchev–Trinajstić information content (AvgIpc) is 2.82. The Labute approximate surface area is 203 Å². The minimum absolute atomic E-state index is 0.0307. The fourth-order valence-electron chi connectivity index (χ4n) is 5.06. The number of nitrogens with one attached hydrogen (secondary N) is 2. The fraction of sp³-hybridized carbons (Fsp3) is 0.481. The van der Waals surface area contributed by atoms with E-state index in [4.69, 9.17) is 0 Å². The van der Waals surface area contributed by atoms with Gasteiger partial charge in [-0.25, -0.2) is 0 Å². The quantitative estimate of drug-likeness (QED) is 0.668. The first-order valence-corrected chi connectivity index (χ1v) is 12.3. The number of piperazine rings is 1. The molecule has 7 heteroatoms. The van der Waals surface area contributed by atoms with Gasteiger partial charge < -0.3 is 20.4 Å². The van der Waals surface area contributed by atoms with Crippen LogP contribution >= 0.6 is 0 Å². The first-order valence-electron chi connectivity index (χ1n) is 12.3. The van der Waals surface area contributed by atoms with Gasteiger partial charge in [-0.1, -0.05) is 30.3 Å². The first kappa shape index (κ1) is 24.2. The van der Waals surface area contributed by atoms with Crippen molar-refractivity contribution in [3.8, 4) is 0 Å². The van der Waals surface area contributed by atoms with E-state index in [2.05, 4.69) is 57.6 Å². The van der Waals surface area contributed by atoms with Gasteiger partial charge >= 0.3 is 11.8 Å². The van der Waals surface area contributed by atoms with E-state index in [0.29, 0.717) is 12.2 Å². The summed E-state index contributed by atoms with van der Waals surface area (Å²) < 4.78 is 0. The summed E-state index contributed by atoms with van der Waals surface area (Å²) in [5, 5.41) is 5.72. The van der Waals surface area contributed by atoms with Crippen LogP contribution in [0.15, 0.2) is 36.4 Å². The van der Waals surface area contributed by atoms with Crippen LogP contribution < -0.4 is 15.5 Å². The van der Waals surface area contributed by atoms with Gasteiger partial charge in [-0.15, -0.1) is 0 Å². The van der Waals surface area contributed by atoms with Crippen LogP contribution in [-0.4, -0.2) is 75.0 Å². The molecule has 2 aromatic carbocycles. The largest absolute Gasteiger partial charge is 0.374 e. The summed E-state index contributed by atoms with van der Waals surface area (Å²) >= 11 is 0. The molecular formula is C27H37N5O2. The molecule has 2 heterocycles. The number of nitrogens with zero attached hydrogens (tertiary/aromatic N) is 3. The van der Waals surface area contributed by atoms with Gasteiger partial charge in [0.1, 0.15) is 0 Å². The monoisotopic (exact) mass is 463 g/mol. The highest BCUT2D eigenvalue weighted by Crippen LogP contribution is 2.31. The van der Waals surface area contributed by atoms with Gasteiger partial charge in [-0.05, 0) is 62.1 Å². The van der Waals surface area contributed by atoms with Gasteiger partial charge in [-0.3, -0.25) is 14.5 Å². The van der Waals surface area contributed by atoms with Crippen molar-refractivity contribution >= 4 is 23.2 Å². The molecule has 0 aliphatic carbocycles. The number of rotatable bonds is 5. The van der Waals surface area contributed by atoms with Crippen molar-refractivity contribution in [3.63, 3.8) is 0 Å². The molecule has 1 fully saturated rings. The Kier molecular flexibility index (Phi) is 7.54. The van der Waals surface area contributed by atoms with Crippen molar-refractivity contribution in [1.82, 2.24) is 15.1 Å². The van der Waals surface area contributed by atoms with E-state index in [1.807, 2.05) is 32.0 Å². The van der Waals surface area contributed by atoms with Gasteiger partial charge in [-0.2, -0.15) is 0 Å². The number of aryl methyl sites for hydroxylation is 3. The summed E-state index contributed by atoms with van der Waals surface area (Å²) in [6.45, 7) is 9.19. The lowest BCUT2D eigenvalue weighted by atomic mass is 9.95. The minimum Gasteiger partial charge on any atom is -0.374 e. The van der Waals surface area contributed by atoms with Crippen molar-refractivity contribution in [2.45, 2.75) is 32.7 Å². The van der Waals surface area contributed by atoms with Crippen LogP contribution in [0.1, 0.15) is 34.7 Å². The molecule has 2 aliphatic rings. The molecule has 2 N–H and O–H groups in total. The van der Waals surface area contributed by atoms with Crippen molar-refractivity contribution in [1.29, 1.82) is 0 Å². The topological polar surface area (TPSA) is 67.9 Å². The van der Waals surface area contributed by atoms with Gasteiger partial charge in [0.15, 0.2) is 0 Å².